The molecule has 0 saturated carbocycles. The van der Waals surface area contributed by atoms with E-state index < -0.39 is 15.9 Å². The first-order valence-electron chi connectivity index (χ1n) is 11.6. The Morgan fingerprint density at radius 3 is 2.33 bits per heavy atom. The highest BCUT2D eigenvalue weighted by Crippen LogP contribution is 2.29. The van der Waals surface area contributed by atoms with E-state index in [1.807, 2.05) is 35.7 Å². The zero-order chi connectivity index (χ0) is 25.1. The highest BCUT2D eigenvalue weighted by molar-refractivity contribution is 7.89. The Morgan fingerprint density at radius 2 is 1.61 bits per heavy atom. The molecule has 0 spiro atoms. The number of nitrogens with zero attached hydrogens (tertiary/aromatic N) is 2. The van der Waals surface area contributed by atoms with Crippen molar-refractivity contribution >= 4 is 44.0 Å². The van der Waals surface area contributed by atoms with E-state index in [4.69, 9.17) is 11.6 Å². The van der Waals surface area contributed by atoms with Gasteiger partial charge in [-0.05, 0) is 48.2 Å². The van der Waals surface area contributed by atoms with Gasteiger partial charge in [0.1, 0.15) is 0 Å². The Hall–Kier alpha value is -3.04. The van der Waals surface area contributed by atoms with Crippen LogP contribution in [0.25, 0.3) is 22.4 Å². The molecule has 1 aromatic heterocycles. The van der Waals surface area contributed by atoms with E-state index in [9.17, 15) is 13.2 Å². The van der Waals surface area contributed by atoms with Crippen molar-refractivity contribution in [2.75, 3.05) is 18.4 Å². The summed E-state index contributed by atoms with van der Waals surface area (Å²) in [5, 5.41) is 5.77. The van der Waals surface area contributed by atoms with Gasteiger partial charge in [-0.15, -0.1) is 11.3 Å². The van der Waals surface area contributed by atoms with Crippen LogP contribution >= 0.6 is 22.9 Å². The lowest BCUT2D eigenvalue weighted by Crippen LogP contribution is -2.43. The average molecular weight is 538 g/mol. The van der Waals surface area contributed by atoms with Crippen molar-refractivity contribution in [3.05, 3.63) is 89.3 Å². The molecule has 1 N–H and O–H groups in total. The molecule has 0 aliphatic carbocycles. The molecule has 36 heavy (non-hydrogen) atoms. The van der Waals surface area contributed by atoms with Crippen LogP contribution in [0.15, 0.2) is 89.1 Å². The number of halogens is 1. The van der Waals surface area contributed by atoms with Crippen LogP contribution in [0.4, 0.5) is 5.13 Å². The van der Waals surface area contributed by atoms with Crippen LogP contribution in [0.3, 0.4) is 0 Å². The van der Waals surface area contributed by atoms with Crippen molar-refractivity contribution in [3.8, 4) is 22.4 Å². The molecule has 1 fully saturated rings. The summed E-state index contributed by atoms with van der Waals surface area (Å²) in [5.74, 6) is -0.662. The first kappa shape index (κ1) is 24.6. The van der Waals surface area contributed by atoms with Gasteiger partial charge in [0, 0.05) is 29.1 Å². The summed E-state index contributed by atoms with van der Waals surface area (Å²) in [4.78, 5) is 17.7. The molecule has 0 bridgehead atoms. The molecule has 184 valence electrons. The average Bonchev–Trinajstić information content (AvgIpc) is 3.38. The summed E-state index contributed by atoms with van der Waals surface area (Å²) < 4.78 is 27.5. The van der Waals surface area contributed by atoms with E-state index in [0.717, 1.165) is 22.4 Å². The molecule has 1 amide bonds. The van der Waals surface area contributed by atoms with Crippen LogP contribution in [-0.2, 0) is 14.8 Å². The lowest BCUT2D eigenvalue weighted by atomic mass is 9.99. The monoisotopic (exact) mass is 537 g/mol. The first-order valence-corrected chi connectivity index (χ1v) is 14.3. The van der Waals surface area contributed by atoms with Gasteiger partial charge < -0.3 is 5.32 Å². The number of thiazole rings is 1. The fourth-order valence-corrected chi connectivity index (χ4v) is 6.64. The minimum absolute atomic E-state index is 0.135. The van der Waals surface area contributed by atoms with Gasteiger partial charge in [0.25, 0.3) is 0 Å². The Labute approximate surface area is 219 Å². The maximum Gasteiger partial charge on any atom is 0.243 e. The number of sulfonamides is 1. The molecule has 1 aliphatic rings. The standard InChI is InChI=1S/C27H24ClN3O3S2/c28-23-12-14-24(15-13-23)36(33,34)31-16-4-7-22(17-31)26(32)30-27-29-25(18-35-27)21-10-8-20(9-11-21)19-5-2-1-3-6-19/h1-3,5-6,8-15,18,22H,4,7,16-17H2,(H,29,30,32). The van der Waals surface area contributed by atoms with E-state index >= 15 is 0 Å². The minimum Gasteiger partial charge on any atom is -0.302 e. The Morgan fingerprint density at radius 1 is 0.944 bits per heavy atom. The number of rotatable bonds is 6. The summed E-state index contributed by atoms with van der Waals surface area (Å²) >= 11 is 7.25. The number of hydrogen-bond donors (Lipinski definition) is 1. The van der Waals surface area contributed by atoms with Gasteiger partial charge in [-0.2, -0.15) is 4.31 Å². The van der Waals surface area contributed by atoms with E-state index in [0.29, 0.717) is 29.5 Å². The molecule has 1 unspecified atom stereocenters. The Bertz CT molecular complexity index is 1450. The van der Waals surface area contributed by atoms with Crippen molar-refractivity contribution in [1.29, 1.82) is 0 Å². The lowest BCUT2D eigenvalue weighted by Gasteiger charge is -2.31. The molecule has 1 saturated heterocycles. The number of carbonyl (C=O) groups excluding carboxylic acids is 1. The molecule has 1 atom stereocenters. The number of nitrogens with one attached hydrogen (secondary N) is 1. The zero-order valence-corrected chi connectivity index (χ0v) is 21.7. The van der Waals surface area contributed by atoms with E-state index in [2.05, 4.69) is 34.6 Å². The SMILES string of the molecule is O=C(Nc1nc(-c2ccc(-c3ccccc3)cc2)cs1)C1CCCN(S(=O)(=O)c2ccc(Cl)cc2)C1. The van der Waals surface area contributed by atoms with Crippen molar-refractivity contribution in [2.24, 2.45) is 5.92 Å². The van der Waals surface area contributed by atoms with Crippen molar-refractivity contribution < 1.29 is 13.2 Å². The zero-order valence-electron chi connectivity index (χ0n) is 19.3. The van der Waals surface area contributed by atoms with Crippen LogP contribution in [0, 0.1) is 5.92 Å². The third kappa shape index (κ3) is 5.37. The van der Waals surface area contributed by atoms with Crippen molar-refractivity contribution in [3.63, 3.8) is 0 Å². The number of hydrogen-bond acceptors (Lipinski definition) is 5. The molecular formula is C27H24ClN3O3S2. The fraction of sp³-hybridized carbons (Fsp3) is 0.185. The van der Waals surface area contributed by atoms with Crippen LogP contribution in [0.2, 0.25) is 5.02 Å². The quantitative estimate of drug-likeness (QED) is 0.319. The molecular weight excluding hydrogens is 514 g/mol. The van der Waals surface area contributed by atoms with Gasteiger partial charge in [-0.1, -0.05) is 66.2 Å². The first-order chi connectivity index (χ1) is 17.4. The van der Waals surface area contributed by atoms with E-state index in [1.165, 1.54) is 27.8 Å². The van der Waals surface area contributed by atoms with E-state index in [1.54, 1.807) is 12.1 Å². The Balaban J connectivity index is 1.24. The molecule has 2 heterocycles. The summed E-state index contributed by atoms with van der Waals surface area (Å²) in [6.45, 7) is 0.519. The molecule has 0 radical (unpaired) electrons. The van der Waals surface area contributed by atoms with Crippen LogP contribution < -0.4 is 5.32 Å². The van der Waals surface area contributed by atoms with Gasteiger partial charge in [0.15, 0.2) is 5.13 Å². The summed E-state index contributed by atoms with van der Waals surface area (Å²) in [6, 6.07) is 24.4. The third-order valence-corrected chi connectivity index (χ3v) is 9.12. The fourth-order valence-electron chi connectivity index (χ4n) is 4.27. The molecule has 5 rings (SSSR count). The number of aromatic nitrogens is 1. The van der Waals surface area contributed by atoms with Gasteiger partial charge in [0.2, 0.25) is 15.9 Å². The lowest BCUT2D eigenvalue weighted by molar-refractivity contribution is -0.120. The molecule has 3 aromatic carbocycles. The predicted molar refractivity (Wildman–Crippen MR) is 145 cm³/mol. The minimum atomic E-state index is -3.69. The van der Waals surface area contributed by atoms with Gasteiger partial charge >= 0.3 is 0 Å². The smallest absolute Gasteiger partial charge is 0.243 e. The van der Waals surface area contributed by atoms with Gasteiger partial charge in [0.05, 0.1) is 16.5 Å². The van der Waals surface area contributed by atoms with Crippen molar-refractivity contribution in [1.82, 2.24) is 9.29 Å². The highest BCUT2D eigenvalue weighted by Gasteiger charge is 2.33. The van der Waals surface area contributed by atoms with Crippen LogP contribution in [0.5, 0.6) is 0 Å². The number of piperidine rings is 1. The largest absolute Gasteiger partial charge is 0.302 e. The maximum absolute atomic E-state index is 13.0. The number of carbonyl (C=O) groups is 1. The summed E-state index contributed by atoms with van der Waals surface area (Å²) in [6.07, 6.45) is 1.24. The molecule has 6 nitrogen and oxygen atoms in total. The topological polar surface area (TPSA) is 79.4 Å². The van der Waals surface area contributed by atoms with Crippen LogP contribution in [-0.4, -0.2) is 36.7 Å². The predicted octanol–water partition coefficient (Wildman–Crippen LogP) is 6.17. The summed E-state index contributed by atoms with van der Waals surface area (Å²) in [5.41, 5.74) is 4.02. The van der Waals surface area contributed by atoms with E-state index in [-0.39, 0.29) is 17.3 Å². The Kier molecular flexibility index (Phi) is 7.20. The maximum atomic E-state index is 13.0. The second-order valence-electron chi connectivity index (χ2n) is 8.63. The molecule has 4 aromatic rings. The van der Waals surface area contributed by atoms with Crippen molar-refractivity contribution in [2.45, 2.75) is 17.7 Å². The van der Waals surface area contributed by atoms with Gasteiger partial charge in [-0.3, -0.25) is 4.79 Å². The number of benzene rings is 3. The normalized spacial score (nSPS) is 16.5. The molecule has 9 heteroatoms. The van der Waals surface area contributed by atoms with Crippen LogP contribution in [0.1, 0.15) is 12.8 Å². The second kappa shape index (κ2) is 10.5. The summed E-state index contributed by atoms with van der Waals surface area (Å²) in [7, 11) is -3.69. The number of anilines is 1. The number of amides is 1. The highest BCUT2D eigenvalue weighted by atomic mass is 35.5. The third-order valence-electron chi connectivity index (χ3n) is 6.23. The molecule has 1 aliphatic heterocycles. The van der Waals surface area contributed by atoms with Gasteiger partial charge in [-0.25, -0.2) is 13.4 Å². The second-order valence-corrected chi connectivity index (χ2v) is 11.9.